The number of pyridine rings is 1. The number of hydrogen-bond donors (Lipinski definition) is 1. The topological polar surface area (TPSA) is 76.8 Å². The SMILES string of the molecule is C/C(=N\Nc1cc(N2CCOCC2)c2ncn(C[C@H]3CCOC3)c2n1)c1cccc(Cl)c1. The largest absolute Gasteiger partial charge is 0.381 e. The van der Waals surface area contributed by atoms with Gasteiger partial charge < -0.3 is 18.9 Å². The highest BCUT2D eigenvalue weighted by atomic mass is 35.5. The van der Waals surface area contributed by atoms with Gasteiger partial charge in [0.2, 0.25) is 0 Å². The van der Waals surface area contributed by atoms with Crippen molar-refractivity contribution in [3.05, 3.63) is 47.2 Å². The van der Waals surface area contributed by atoms with Crippen LogP contribution in [0.5, 0.6) is 0 Å². The number of anilines is 2. The molecular formula is C23H27ClN6O2. The van der Waals surface area contributed by atoms with E-state index in [-0.39, 0.29) is 0 Å². The third-order valence-corrected chi connectivity index (χ3v) is 6.20. The van der Waals surface area contributed by atoms with E-state index in [0.29, 0.717) is 30.0 Å². The van der Waals surface area contributed by atoms with Gasteiger partial charge in [-0.1, -0.05) is 23.7 Å². The Labute approximate surface area is 192 Å². The molecule has 2 saturated heterocycles. The summed E-state index contributed by atoms with van der Waals surface area (Å²) in [7, 11) is 0. The summed E-state index contributed by atoms with van der Waals surface area (Å²) in [4.78, 5) is 11.9. The lowest BCUT2D eigenvalue weighted by Crippen LogP contribution is -2.36. The van der Waals surface area contributed by atoms with Crippen molar-refractivity contribution in [2.75, 3.05) is 49.8 Å². The lowest BCUT2D eigenvalue weighted by atomic mass is 10.1. The Morgan fingerprint density at radius 1 is 1.22 bits per heavy atom. The van der Waals surface area contributed by atoms with Gasteiger partial charge in [-0.05, 0) is 31.0 Å². The van der Waals surface area contributed by atoms with Crippen LogP contribution in [0.15, 0.2) is 41.8 Å². The van der Waals surface area contributed by atoms with Crippen LogP contribution in [0.1, 0.15) is 18.9 Å². The van der Waals surface area contributed by atoms with E-state index in [1.807, 2.05) is 43.6 Å². The molecule has 2 aromatic heterocycles. The van der Waals surface area contributed by atoms with Gasteiger partial charge in [0, 0.05) is 43.2 Å². The average molecular weight is 455 g/mol. The summed E-state index contributed by atoms with van der Waals surface area (Å²) in [6.45, 7) is 7.48. The minimum absolute atomic E-state index is 0.487. The van der Waals surface area contributed by atoms with Gasteiger partial charge in [0.05, 0.1) is 37.5 Å². The van der Waals surface area contributed by atoms with Crippen molar-refractivity contribution in [1.82, 2.24) is 14.5 Å². The Morgan fingerprint density at radius 3 is 2.88 bits per heavy atom. The standard InChI is InChI=1S/C23H27ClN6O2/c1-16(18-3-2-4-19(24)11-18)27-28-21-12-20(29-6-9-31-10-7-29)22-23(26-21)30(15-25-22)13-17-5-8-32-14-17/h2-4,11-12,15,17H,5-10,13-14H2,1H3,(H,26,28)/b27-16+/t17-/m1/s1. The van der Waals surface area contributed by atoms with Gasteiger partial charge in [-0.3, -0.25) is 5.43 Å². The first-order chi connectivity index (χ1) is 15.7. The van der Waals surface area contributed by atoms with Crippen molar-refractivity contribution in [3.63, 3.8) is 0 Å². The molecule has 2 aliphatic heterocycles. The van der Waals surface area contributed by atoms with Gasteiger partial charge >= 0.3 is 0 Å². The number of hydrogen-bond acceptors (Lipinski definition) is 7. The lowest BCUT2D eigenvalue weighted by molar-refractivity contribution is 0.123. The lowest BCUT2D eigenvalue weighted by Gasteiger charge is -2.29. The van der Waals surface area contributed by atoms with Crippen molar-refractivity contribution in [3.8, 4) is 0 Å². The summed E-state index contributed by atoms with van der Waals surface area (Å²) in [5.41, 5.74) is 7.77. The maximum absolute atomic E-state index is 6.13. The molecule has 0 unspecified atom stereocenters. The third-order valence-electron chi connectivity index (χ3n) is 5.96. The molecule has 1 atom stereocenters. The molecule has 2 aliphatic rings. The predicted molar refractivity (Wildman–Crippen MR) is 127 cm³/mol. The molecule has 1 aromatic carbocycles. The maximum atomic E-state index is 6.13. The quantitative estimate of drug-likeness (QED) is 0.451. The fourth-order valence-corrected chi connectivity index (χ4v) is 4.37. The van der Waals surface area contributed by atoms with Gasteiger partial charge in [0.1, 0.15) is 5.52 Å². The summed E-state index contributed by atoms with van der Waals surface area (Å²) < 4.78 is 13.2. The molecule has 168 valence electrons. The Kier molecular flexibility index (Phi) is 6.25. The van der Waals surface area contributed by atoms with Crippen molar-refractivity contribution in [2.24, 2.45) is 11.0 Å². The number of ether oxygens (including phenoxy) is 2. The number of nitrogens with one attached hydrogen (secondary N) is 1. The van der Waals surface area contributed by atoms with E-state index < -0.39 is 0 Å². The number of hydrazone groups is 1. The zero-order chi connectivity index (χ0) is 21.9. The molecule has 5 rings (SSSR count). The Morgan fingerprint density at radius 2 is 2.09 bits per heavy atom. The predicted octanol–water partition coefficient (Wildman–Crippen LogP) is 3.79. The molecule has 32 heavy (non-hydrogen) atoms. The van der Waals surface area contributed by atoms with Crippen LogP contribution in [0.25, 0.3) is 11.2 Å². The molecule has 3 aromatic rings. The number of morpholine rings is 1. The zero-order valence-electron chi connectivity index (χ0n) is 18.1. The van der Waals surface area contributed by atoms with Crippen molar-refractivity contribution < 1.29 is 9.47 Å². The molecule has 0 bridgehead atoms. The van der Waals surface area contributed by atoms with E-state index in [4.69, 9.17) is 31.0 Å². The number of nitrogens with zero attached hydrogens (tertiary/aromatic N) is 5. The molecule has 0 radical (unpaired) electrons. The van der Waals surface area contributed by atoms with Gasteiger partial charge in [-0.25, -0.2) is 9.97 Å². The second kappa shape index (κ2) is 9.44. The molecule has 4 heterocycles. The van der Waals surface area contributed by atoms with Crippen molar-refractivity contribution in [1.29, 1.82) is 0 Å². The maximum Gasteiger partial charge on any atom is 0.164 e. The smallest absolute Gasteiger partial charge is 0.164 e. The van der Waals surface area contributed by atoms with Crippen LogP contribution in [-0.4, -0.2) is 59.8 Å². The molecule has 1 N–H and O–H groups in total. The first-order valence-corrected chi connectivity index (χ1v) is 11.4. The van der Waals surface area contributed by atoms with E-state index in [1.165, 1.54) is 0 Å². The molecule has 0 amide bonds. The third kappa shape index (κ3) is 4.57. The number of halogens is 1. The first kappa shape index (κ1) is 21.2. The van der Waals surface area contributed by atoms with E-state index in [9.17, 15) is 0 Å². The minimum Gasteiger partial charge on any atom is -0.381 e. The van der Waals surface area contributed by atoms with Crippen LogP contribution in [0.2, 0.25) is 5.02 Å². The van der Waals surface area contributed by atoms with Gasteiger partial charge in [-0.2, -0.15) is 5.10 Å². The summed E-state index contributed by atoms with van der Waals surface area (Å²) in [6, 6.07) is 9.69. The van der Waals surface area contributed by atoms with Crippen LogP contribution < -0.4 is 10.3 Å². The number of fused-ring (bicyclic) bond motifs is 1. The van der Waals surface area contributed by atoms with Gasteiger partial charge in [0.15, 0.2) is 11.5 Å². The number of imidazole rings is 1. The van der Waals surface area contributed by atoms with Crippen LogP contribution in [0, 0.1) is 5.92 Å². The molecule has 0 spiro atoms. The summed E-state index contributed by atoms with van der Waals surface area (Å²) in [6.07, 6.45) is 2.96. The molecule has 9 heteroatoms. The second-order valence-corrected chi connectivity index (χ2v) is 8.68. The van der Waals surface area contributed by atoms with Crippen LogP contribution in [0.3, 0.4) is 0 Å². The minimum atomic E-state index is 0.487. The molecule has 8 nitrogen and oxygen atoms in total. The van der Waals surface area contributed by atoms with E-state index in [0.717, 1.165) is 67.4 Å². The van der Waals surface area contributed by atoms with Gasteiger partial charge in [0.25, 0.3) is 0 Å². The highest BCUT2D eigenvalue weighted by Gasteiger charge is 2.22. The Balaban J connectivity index is 1.48. The summed E-state index contributed by atoms with van der Waals surface area (Å²) in [5, 5.41) is 5.25. The van der Waals surface area contributed by atoms with Crippen molar-refractivity contribution >= 4 is 40.0 Å². The summed E-state index contributed by atoms with van der Waals surface area (Å²) >= 11 is 6.13. The van der Waals surface area contributed by atoms with E-state index in [2.05, 4.69) is 20.0 Å². The summed E-state index contributed by atoms with van der Waals surface area (Å²) in [5.74, 6) is 1.17. The average Bonchev–Trinajstić information content (AvgIpc) is 3.48. The highest BCUT2D eigenvalue weighted by molar-refractivity contribution is 6.31. The van der Waals surface area contributed by atoms with Crippen LogP contribution in [0.4, 0.5) is 11.5 Å². The van der Waals surface area contributed by atoms with Crippen LogP contribution in [-0.2, 0) is 16.0 Å². The first-order valence-electron chi connectivity index (χ1n) is 11.0. The van der Waals surface area contributed by atoms with E-state index >= 15 is 0 Å². The monoisotopic (exact) mass is 454 g/mol. The molecule has 0 aliphatic carbocycles. The number of rotatable bonds is 6. The molecule has 0 saturated carbocycles. The zero-order valence-corrected chi connectivity index (χ0v) is 18.9. The van der Waals surface area contributed by atoms with Crippen molar-refractivity contribution in [2.45, 2.75) is 19.9 Å². The Bertz CT molecular complexity index is 1120. The number of benzene rings is 1. The Hall–Kier alpha value is -2.68. The number of aromatic nitrogens is 3. The van der Waals surface area contributed by atoms with Crippen LogP contribution >= 0.6 is 11.6 Å². The van der Waals surface area contributed by atoms with E-state index in [1.54, 1.807) is 0 Å². The fraction of sp³-hybridized carbons (Fsp3) is 0.435. The normalized spacial score (nSPS) is 19.6. The van der Waals surface area contributed by atoms with Gasteiger partial charge in [-0.15, -0.1) is 0 Å². The fourth-order valence-electron chi connectivity index (χ4n) is 4.18. The second-order valence-electron chi connectivity index (χ2n) is 8.24. The molecular weight excluding hydrogens is 428 g/mol. The molecule has 2 fully saturated rings. The highest BCUT2D eigenvalue weighted by Crippen LogP contribution is 2.29.